The second-order valence-electron chi connectivity index (χ2n) is 5.43. The van der Waals surface area contributed by atoms with Gasteiger partial charge in [0.2, 0.25) is 0 Å². The molecule has 1 aliphatic rings. The number of carboxylic acids is 1. The molecule has 0 amide bonds. The van der Waals surface area contributed by atoms with Crippen LogP contribution < -0.4 is 5.32 Å². The van der Waals surface area contributed by atoms with Crippen molar-refractivity contribution in [2.45, 2.75) is 43.3 Å². The molecule has 0 radical (unpaired) electrons. The second kappa shape index (κ2) is 6.45. The Morgan fingerprint density at radius 3 is 2.85 bits per heavy atom. The van der Waals surface area contributed by atoms with E-state index in [2.05, 4.69) is 26.2 Å². The topological polar surface area (TPSA) is 62.2 Å². The van der Waals surface area contributed by atoms with Crippen molar-refractivity contribution in [3.05, 3.63) is 22.8 Å². The Morgan fingerprint density at radius 2 is 2.35 bits per heavy atom. The first-order valence-electron chi connectivity index (χ1n) is 6.70. The molecule has 1 aromatic heterocycles. The molecule has 1 aliphatic carbocycles. The molecule has 1 unspecified atom stereocenters. The van der Waals surface area contributed by atoms with Crippen LogP contribution in [0.15, 0.2) is 27.8 Å². The summed E-state index contributed by atoms with van der Waals surface area (Å²) < 4.78 is 0.907. The lowest BCUT2D eigenvalue weighted by Gasteiger charge is -2.32. The fraction of sp³-hybridized carbons (Fsp3) is 0.571. The lowest BCUT2D eigenvalue weighted by Crippen LogP contribution is -2.58. The number of halogens is 1. The summed E-state index contributed by atoms with van der Waals surface area (Å²) in [6.07, 6.45) is 3.69. The van der Waals surface area contributed by atoms with Crippen LogP contribution in [0.25, 0.3) is 0 Å². The van der Waals surface area contributed by atoms with Crippen LogP contribution in [-0.4, -0.2) is 33.4 Å². The highest BCUT2D eigenvalue weighted by Crippen LogP contribution is 2.43. The van der Waals surface area contributed by atoms with E-state index in [1.54, 1.807) is 6.20 Å². The van der Waals surface area contributed by atoms with E-state index in [4.69, 9.17) is 0 Å². The van der Waals surface area contributed by atoms with Crippen molar-refractivity contribution in [2.24, 2.45) is 5.92 Å². The molecule has 1 heterocycles. The fourth-order valence-corrected chi connectivity index (χ4v) is 4.07. The van der Waals surface area contributed by atoms with Crippen LogP contribution in [0.2, 0.25) is 0 Å². The number of rotatable bonds is 7. The zero-order valence-electron chi connectivity index (χ0n) is 11.6. The number of pyridine rings is 1. The van der Waals surface area contributed by atoms with Gasteiger partial charge in [-0.05, 0) is 60.7 Å². The lowest BCUT2D eigenvalue weighted by atomic mass is 9.94. The number of aromatic nitrogens is 1. The zero-order chi connectivity index (χ0) is 14.8. The quantitative estimate of drug-likeness (QED) is 0.733. The van der Waals surface area contributed by atoms with Gasteiger partial charge in [0.25, 0.3) is 0 Å². The van der Waals surface area contributed by atoms with Gasteiger partial charge in [0.05, 0.1) is 0 Å². The number of hydrogen-bond acceptors (Lipinski definition) is 4. The molecule has 110 valence electrons. The molecule has 20 heavy (non-hydrogen) atoms. The van der Waals surface area contributed by atoms with Gasteiger partial charge < -0.3 is 5.11 Å². The van der Waals surface area contributed by atoms with Crippen molar-refractivity contribution >= 4 is 33.7 Å². The van der Waals surface area contributed by atoms with Gasteiger partial charge in [-0.15, -0.1) is 11.8 Å². The summed E-state index contributed by atoms with van der Waals surface area (Å²) in [7, 11) is 0. The monoisotopic (exact) mass is 358 g/mol. The molecule has 1 atom stereocenters. The molecule has 6 heteroatoms. The van der Waals surface area contributed by atoms with E-state index in [-0.39, 0.29) is 12.0 Å². The summed E-state index contributed by atoms with van der Waals surface area (Å²) in [4.78, 5) is 16.1. The Kier molecular flexibility index (Phi) is 5.09. The maximum absolute atomic E-state index is 11.8. The van der Waals surface area contributed by atoms with Crippen molar-refractivity contribution in [1.29, 1.82) is 0 Å². The maximum Gasteiger partial charge on any atom is 0.325 e. The largest absolute Gasteiger partial charge is 0.480 e. The standard InChI is InChI=1S/C14H19BrN2O2S/c1-9(2)17-14(13(18)19,10-5-6-10)8-20-12-11(15)4-3-7-16-12/h3-4,7,9-10,17H,5-6,8H2,1-2H3,(H,18,19). The molecule has 0 spiro atoms. The molecule has 2 rings (SSSR count). The minimum absolute atomic E-state index is 0.138. The number of aliphatic carboxylic acids is 1. The fourth-order valence-electron chi connectivity index (χ4n) is 2.33. The van der Waals surface area contributed by atoms with Crippen LogP contribution in [0.3, 0.4) is 0 Å². The van der Waals surface area contributed by atoms with E-state index in [9.17, 15) is 9.90 Å². The molecular formula is C14H19BrN2O2S. The highest BCUT2D eigenvalue weighted by molar-refractivity contribution is 9.10. The van der Waals surface area contributed by atoms with Gasteiger partial charge in [0.1, 0.15) is 10.6 Å². The summed E-state index contributed by atoms with van der Waals surface area (Å²) in [5, 5.41) is 13.8. The van der Waals surface area contributed by atoms with E-state index >= 15 is 0 Å². The average Bonchev–Trinajstić information content (AvgIpc) is 3.20. The van der Waals surface area contributed by atoms with Gasteiger partial charge in [-0.1, -0.05) is 0 Å². The van der Waals surface area contributed by atoms with E-state index in [1.165, 1.54) is 11.8 Å². The Bertz CT molecular complexity index is 494. The van der Waals surface area contributed by atoms with Crippen LogP contribution >= 0.6 is 27.7 Å². The van der Waals surface area contributed by atoms with Crippen molar-refractivity contribution < 1.29 is 9.90 Å². The number of thioether (sulfide) groups is 1. The smallest absolute Gasteiger partial charge is 0.325 e. The molecule has 1 fully saturated rings. The summed E-state index contributed by atoms with van der Waals surface area (Å²) in [6.45, 7) is 3.98. The zero-order valence-corrected chi connectivity index (χ0v) is 14.0. The normalized spacial score (nSPS) is 18.0. The van der Waals surface area contributed by atoms with E-state index in [0.29, 0.717) is 5.75 Å². The van der Waals surface area contributed by atoms with Gasteiger partial charge in [0.15, 0.2) is 0 Å². The number of carbonyl (C=O) groups is 1. The van der Waals surface area contributed by atoms with E-state index in [0.717, 1.165) is 22.3 Å². The first-order chi connectivity index (χ1) is 9.45. The Balaban J connectivity index is 2.15. The minimum Gasteiger partial charge on any atom is -0.480 e. The van der Waals surface area contributed by atoms with Crippen LogP contribution in [-0.2, 0) is 4.79 Å². The SMILES string of the molecule is CC(C)NC(CSc1ncccc1Br)(C(=O)O)C1CC1. The molecule has 1 aromatic rings. The molecule has 1 saturated carbocycles. The van der Waals surface area contributed by atoms with Crippen molar-refractivity contribution in [3.63, 3.8) is 0 Å². The molecular weight excluding hydrogens is 340 g/mol. The van der Waals surface area contributed by atoms with Crippen LogP contribution in [0.5, 0.6) is 0 Å². The van der Waals surface area contributed by atoms with Gasteiger partial charge in [-0.3, -0.25) is 10.1 Å². The highest BCUT2D eigenvalue weighted by atomic mass is 79.9. The van der Waals surface area contributed by atoms with Crippen LogP contribution in [0.1, 0.15) is 26.7 Å². The number of nitrogens with one attached hydrogen (secondary N) is 1. The van der Waals surface area contributed by atoms with E-state index < -0.39 is 11.5 Å². The molecule has 2 N–H and O–H groups in total. The third kappa shape index (κ3) is 3.54. The van der Waals surface area contributed by atoms with Gasteiger partial charge in [0, 0.05) is 22.5 Å². The van der Waals surface area contributed by atoms with Gasteiger partial charge in [-0.2, -0.15) is 0 Å². The Labute approximate surface area is 131 Å². The van der Waals surface area contributed by atoms with Gasteiger partial charge >= 0.3 is 5.97 Å². The highest BCUT2D eigenvalue weighted by Gasteiger charge is 2.51. The molecule has 0 aliphatic heterocycles. The number of nitrogens with zero attached hydrogens (tertiary/aromatic N) is 1. The van der Waals surface area contributed by atoms with Crippen molar-refractivity contribution in [1.82, 2.24) is 10.3 Å². The summed E-state index contributed by atoms with van der Waals surface area (Å²) >= 11 is 4.94. The minimum atomic E-state index is -0.851. The van der Waals surface area contributed by atoms with E-state index in [1.807, 2.05) is 26.0 Å². The third-order valence-electron chi connectivity index (χ3n) is 3.36. The molecule has 4 nitrogen and oxygen atoms in total. The average molecular weight is 359 g/mol. The van der Waals surface area contributed by atoms with Crippen LogP contribution in [0, 0.1) is 5.92 Å². The van der Waals surface area contributed by atoms with Crippen molar-refractivity contribution in [3.8, 4) is 0 Å². The number of hydrogen-bond donors (Lipinski definition) is 2. The Morgan fingerprint density at radius 1 is 1.65 bits per heavy atom. The summed E-state index contributed by atoms with van der Waals surface area (Å²) in [5.41, 5.74) is -0.851. The van der Waals surface area contributed by atoms with Crippen LogP contribution in [0.4, 0.5) is 0 Å². The third-order valence-corrected chi connectivity index (χ3v) is 5.46. The summed E-state index contributed by atoms with van der Waals surface area (Å²) in [5.74, 6) is -0.0495. The predicted molar refractivity (Wildman–Crippen MR) is 84.0 cm³/mol. The lowest BCUT2D eigenvalue weighted by molar-refractivity contribution is -0.145. The Hall–Kier alpha value is -0.590. The molecule has 0 aromatic carbocycles. The summed E-state index contributed by atoms with van der Waals surface area (Å²) in [6, 6.07) is 3.91. The predicted octanol–water partition coefficient (Wildman–Crippen LogP) is 3.17. The first-order valence-corrected chi connectivity index (χ1v) is 8.48. The second-order valence-corrected chi connectivity index (χ2v) is 7.25. The van der Waals surface area contributed by atoms with Gasteiger partial charge in [-0.25, -0.2) is 4.98 Å². The molecule has 0 bridgehead atoms. The first kappa shape index (κ1) is 15.8. The number of carboxylic acid groups (broad SMARTS) is 1. The maximum atomic E-state index is 11.8. The van der Waals surface area contributed by atoms with Crippen molar-refractivity contribution in [2.75, 3.05) is 5.75 Å². The molecule has 0 saturated heterocycles.